The van der Waals surface area contributed by atoms with Crippen molar-refractivity contribution in [2.75, 3.05) is 20.2 Å². The zero-order chi connectivity index (χ0) is 13.1. The number of rotatable bonds is 4. The largest absolute Gasteiger partial charge is 0.381 e. The third kappa shape index (κ3) is 3.06. The molecule has 2 rings (SSSR count). The van der Waals surface area contributed by atoms with Gasteiger partial charge in [-0.2, -0.15) is 0 Å². The highest BCUT2D eigenvalue weighted by Gasteiger charge is 2.36. The molecule has 106 valence electrons. The van der Waals surface area contributed by atoms with Crippen LogP contribution in [0.3, 0.4) is 0 Å². The molecule has 0 aromatic rings. The van der Waals surface area contributed by atoms with E-state index in [9.17, 15) is 0 Å². The lowest BCUT2D eigenvalue weighted by atomic mass is 9.94. The second-order valence-electron chi connectivity index (χ2n) is 6.27. The molecule has 0 aromatic carbocycles. The lowest BCUT2D eigenvalue weighted by Crippen LogP contribution is -2.59. The molecule has 5 unspecified atom stereocenters. The van der Waals surface area contributed by atoms with Gasteiger partial charge in [0.15, 0.2) is 0 Å². The number of ether oxygens (including phenoxy) is 1. The van der Waals surface area contributed by atoms with Gasteiger partial charge < -0.3 is 10.1 Å². The van der Waals surface area contributed by atoms with Crippen molar-refractivity contribution < 1.29 is 4.74 Å². The summed E-state index contributed by atoms with van der Waals surface area (Å²) in [5.74, 6) is 0.777. The van der Waals surface area contributed by atoms with Gasteiger partial charge in [0.25, 0.3) is 0 Å². The van der Waals surface area contributed by atoms with Gasteiger partial charge in [0.05, 0.1) is 6.10 Å². The Morgan fingerprint density at radius 2 is 2.17 bits per heavy atom. The molecule has 0 aromatic heterocycles. The van der Waals surface area contributed by atoms with Crippen molar-refractivity contribution in [3.8, 4) is 0 Å². The summed E-state index contributed by atoms with van der Waals surface area (Å²) in [6, 6.07) is 2.09. The number of nitrogens with zero attached hydrogens (tertiary/aromatic N) is 1. The smallest absolute Gasteiger partial charge is 0.0586 e. The molecule has 2 aliphatic rings. The number of piperazine rings is 1. The van der Waals surface area contributed by atoms with E-state index in [1.165, 1.54) is 32.2 Å². The first-order valence-corrected chi connectivity index (χ1v) is 7.67. The van der Waals surface area contributed by atoms with Crippen LogP contribution < -0.4 is 5.32 Å². The molecule has 1 N–H and O–H groups in total. The zero-order valence-electron chi connectivity index (χ0n) is 12.5. The van der Waals surface area contributed by atoms with E-state index in [-0.39, 0.29) is 0 Å². The third-order valence-corrected chi connectivity index (χ3v) is 5.14. The van der Waals surface area contributed by atoms with Crippen LogP contribution in [-0.2, 0) is 4.74 Å². The van der Waals surface area contributed by atoms with Gasteiger partial charge in [-0.3, -0.25) is 4.90 Å². The average Bonchev–Trinajstić information content (AvgIpc) is 2.87. The van der Waals surface area contributed by atoms with E-state index in [1.807, 2.05) is 7.11 Å². The van der Waals surface area contributed by atoms with Crippen LogP contribution in [-0.4, -0.2) is 49.3 Å². The highest BCUT2D eigenvalue weighted by molar-refractivity contribution is 4.93. The molecule has 1 heterocycles. The van der Waals surface area contributed by atoms with Crippen molar-refractivity contribution in [3.05, 3.63) is 0 Å². The van der Waals surface area contributed by atoms with Gasteiger partial charge in [0.1, 0.15) is 0 Å². The fraction of sp³-hybridized carbons (Fsp3) is 1.00. The second-order valence-corrected chi connectivity index (χ2v) is 6.27. The van der Waals surface area contributed by atoms with Crippen molar-refractivity contribution in [3.63, 3.8) is 0 Å². The summed E-state index contributed by atoms with van der Waals surface area (Å²) in [5, 5.41) is 3.73. The molecular weight excluding hydrogens is 224 g/mol. The number of methoxy groups -OCH3 is 1. The van der Waals surface area contributed by atoms with Crippen molar-refractivity contribution in [2.24, 2.45) is 5.92 Å². The maximum Gasteiger partial charge on any atom is 0.0586 e. The summed E-state index contributed by atoms with van der Waals surface area (Å²) in [4.78, 5) is 2.74. The van der Waals surface area contributed by atoms with Crippen LogP contribution in [0.4, 0.5) is 0 Å². The zero-order valence-corrected chi connectivity index (χ0v) is 12.5. The summed E-state index contributed by atoms with van der Waals surface area (Å²) in [6.45, 7) is 9.39. The van der Waals surface area contributed by atoms with Crippen LogP contribution in [0, 0.1) is 5.92 Å². The summed E-state index contributed by atoms with van der Waals surface area (Å²) < 4.78 is 5.52. The molecule has 0 bridgehead atoms. The first kappa shape index (κ1) is 14.3. The molecule has 1 aliphatic heterocycles. The van der Waals surface area contributed by atoms with Gasteiger partial charge in [-0.05, 0) is 32.1 Å². The normalized spacial score (nSPS) is 40.0. The lowest BCUT2D eigenvalue weighted by Gasteiger charge is -2.44. The molecule has 1 aliphatic carbocycles. The van der Waals surface area contributed by atoms with E-state index in [4.69, 9.17) is 4.74 Å². The molecule has 0 amide bonds. The molecule has 2 fully saturated rings. The van der Waals surface area contributed by atoms with Crippen LogP contribution in [0.15, 0.2) is 0 Å². The van der Waals surface area contributed by atoms with E-state index in [0.29, 0.717) is 18.2 Å². The average molecular weight is 254 g/mol. The second kappa shape index (κ2) is 6.36. The van der Waals surface area contributed by atoms with Crippen LogP contribution in [0.25, 0.3) is 0 Å². The van der Waals surface area contributed by atoms with Crippen LogP contribution in [0.5, 0.6) is 0 Å². The van der Waals surface area contributed by atoms with Crippen LogP contribution >= 0.6 is 0 Å². The number of hydrogen-bond donors (Lipinski definition) is 1. The summed E-state index contributed by atoms with van der Waals surface area (Å²) in [6.07, 6.45) is 5.56. The summed E-state index contributed by atoms with van der Waals surface area (Å²) in [7, 11) is 1.86. The van der Waals surface area contributed by atoms with E-state index in [1.54, 1.807) is 0 Å². The van der Waals surface area contributed by atoms with E-state index >= 15 is 0 Å². The minimum absolute atomic E-state index is 0.499. The Morgan fingerprint density at radius 1 is 1.39 bits per heavy atom. The molecule has 5 atom stereocenters. The van der Waals surface area contributed by atoms with E-state index < -0.39 is 0 Å². The molecule has 3 nitrogen and oxygen atoms in total. The van der Waals surface area contributed by atoms with Gasteiger partial charge in [0, 0.05) is 38.3 Å². The molecule has 0 radical (unpaired) electrons. The molecule has 1 saturated heterocycles. The van der Waals surface area contributed by atoms with Crippen molar-refractivity contribution in [1.82, 2.24) is 10.2 Å². The summed E-state index contributed by atoms with van der Waals surface area (Å²) in [5.41, 5.74) is 0. The van der Waals surface area contributed by atoms with Gasteiger partial charge in [-0.25, -0.2) is 0 Å². The SMILES string of the molecule is CCC(C)C1CN(C2CCC(OC)C2)C(C)CN1. The maximum absolute atomic E-state index is 5.52. The lowest BCUT2D eigenvalue weighted by molar-refractivity contribution is 0.0594. The van der Waals surface area contributed by atoms with E-state index in [0.717, 1.165) is 18.5 Å². The van der Waals surface area contributed by atoms with E-state index in [2.05, 4.69) is 31.0 Å². The van der Waals surface area contributed by atoms with Crippen LogP contribution in [0.1, 0.15) is 46.5 Å². The minimum Gasteiger partial charge on any atom is -0.381 e. The first-order valence-electron chi connectivity index (χ1n) is 7.67. The molecule has 18 heavy (non-hydrogen) atoms. The van der Waals surface area contributed by atoms with Gasteiger partial charge in [-0.15, -0.1) is 0 Å². The van der Waals surface area contributed by atoms with Crippen molar-refractivity contribution in [2.45, 2.75) is 70.7 Å². The minimum atomic E-state index is 0.499. The highest BCUT2D eigenvalue weighted by Crippen LogP contribution is 2.29. The number of hydrogen-bond acceptors (Lipinski definition) is 3. The Balaban J connectivity index is 1.93. The molecule has 0 spiro atoms. The predicted octanol–water partition coefficient (Wildman–Crippen LogP) is 2.26. The van der Waals surface area contributed by atoms with Gasteiger partial charge >= 0.3 is 0 Å². The Labute approximate surface area is 112 Å². The Kier molecular flexibility index (Phi) is 5.05. The number of nitrogens with one attached hydrogen (secondary N) is 1. The van der Waals surface area contributed by atoms with Crippen molar-refractivity contribution >= 4 is 0 Å². The molecular formula is C15H30N2O. The quantitative estimate of drug-likeness (QED) is 0.833. The third-order valence-electron chi connectivity index (χ3n) is 5.14. The molecule has 1 saturated carbocycles. The fourth-order valence-corrected chi connectivity index (χ4v) is 3.52. The Morgan fingerprint density at radius 3 is 2.78 bits per heavy atom. The Hall–Kier alpha value is -0.120. The van der Waals surface area contributed by atoms with Gasteiger partial charge in [0.2, 0.25) is 0 Å². The standard InChI is InChI=1S/C15H30N2O/c1-5-11(2)15-10-17(12(3)9-16-15)13-6-7-14(8-13)18-4/h11-16H,5-10H2,1-4H3. The topological polar surface area (TPSA) is 24.5 Å². The van der Waals surface area contributed by atoms with Gasteiger partial charge in [-0.1, -0.05) is 20.3 Å². The fourth-order valence-electron chi connectivity index (χ4n) is 3.52. The van der Waals surface area contributed by atoms with Crippen LogP contribution in [0.2, 0.25) is 0 Å². The molecule has 3 heteroatoms. The first-order chi connectivity index (χ1) is 8.65. The Bertz CT molecular complexity index is 259. The predicted molar refractivity (Wildman–Crippen MR) is 75.8 cm³/mol. The summed E-state index contributed by atoms with van der Waals surface area (Å²) >= 11 is 0. The highest BCUT2D eigenvalue weighted by atomic mass is 16.5. The van der Waals surface area contributed by atoms with Crippen molar-refractivity contribution in [1.29, 1.82) is 0 Å². The monoisotopic (exact) mass is 254 g/mol. The maximum atomic E-state index is 5.52.